The summed E-state index contributed by atoms with van der Waals surface area (Å²) in [6.07, 6.45) is -1.32. The van der Waals surface area contributed by atoms with Crippen LogP contribution in [0.15, 0.2) is 0 Å². The van der Waals surface area contributed by atoms with E-state index in [9.17, 15) is 9.90 Å². The molecule has 0 fully saturated rings. The molecule has 0 radical (unpaired) electrons. The number of aliphatic hydroxyl groups is 1. The van der Waals surface area contributed by atoms with Crippen molar-refractivity contribution < 1.29 is 15.0 Å². The van der Waals surface area contributed by atoms with Crippen LogP contribution in [0.1, 0.15) is 13.8 Å². The van der Waals surface area contributed by atoms with Gasteiger partial charge >= 0.3 is 0 Å². The summed E-state index contributed by atoms with van der Waals surface area (Å²) >= 11 is 0. The first-order chi connectivity index (χ1) is 3.55. The molecule has 0 aromatic carbocycles. The highest BCUT2D eigenvalue weighted by Crippen LogP contribution is 1.97. The molecule has 0 rings (SSSR count). The van der Waals surface area contributed by atoms with Gasteiger partial charge in [-0.2, -0.15) is 0 Å². The van der Waals surface area contributed by atoms with Crippen LogP contribution in [0.3, 0.4) is 0 Å². The van der Waals surface area contributed by atoms with Gasteiger partial charge in [0.25, 0.3) is 0 Å². The van der Waals surface area contributed by atoms with E-state index < -0.39 is 12.1 Å². The summed E-state index contributed by atoms with van der Waals surface area (Å²) in [5, 5.41) is 18.3. The van der Waals surface area contributed by atoms with Gasteiger partial charge in [-0.25, -0.2) is 0 Å². The van der Waals surface area contributed by atoms with Crippen molar-refractivity contribution in [1.82, 2.24) is 0 Å². The second kappa shape index (κ2) is 2.67. The molecule has 0 unspecified atom stereocenters. The molecule has 8 heavy (non-hydrogen) atoms. The predicted molar refractivity (Wildman–Crippen MR) is 25.9 cm³/mol. The molecule has 0 aliphatic rings. The average molecular weight is 117 g/mol. The highest BCUT2D eigenvalue weighted by Gasteiger charge is 2.08. The lowest BCUT2D eigenvalue weighted by molar-refractivity contribution is -0.316. The summed E-state index contributed by atoms with van der Waals surface area (Å²) in [5.41, 5.74) is 0. The van der Waals surface area contributed by atoms with Crippen molar-refractivity contribution in [3.63, 3.8) is 0 Å². The number of hydrogen-bond acceptors (Lipinski definition) is 3. The fraction of sp³-hybridized carbons (Fsp3) is 0.800. The standard InChI is InChI=1S/C5H10O3/c1-3(2)4(6)5(7)8/h3-4,6H,1-2H3,(H,7,8)/p-1/t4-/m0/s1. The van der Waals surface area contributed by atoms with Crippen molar-refractivity contribution in [1.29, 1.82) is 0 Å². The van der Waals surface area contributed by atoms with E-state index in [0.29, 0.717) is 0 Å². The highest BCUT2D eigenvalue weighted by molar-refractivity contribution is 5.69. The summed E-state index contributed by atoms with van der Waals surface area (Å²) in [7, 11) is 0. The second-order valence-corrected chi connectivity index (χ2v) is 2.01. The Hall–Kier alpha value is -0.570. The van der Waals surface area contributed by atoms with Gasteiger partial charge in [0, 0.05) is 0 Å². The molecule has 0 aromatic rings. The van der Waals surface area contributed by atoms with E-state index in [1.807, 2.05) is 0 Å². The summed E-state index contributed by atoms with van der Waals surface area (Å²) in [5.74, 6) is -1.67. The van der Waals surface area contributed by atoms with Gasteiger partial charge in [0.05, 0.1) is 12.1 Å². The topological polar surface area (TPSA) is 60.4 Å². The lowest BCUT2D eigenvalue weighted by Crippen LogP contribution is -2.38. The lowest BCUT2D eigenvalue weighted by atomic mass is 10.1. The van der Waals surface area contributed by atoms with Crippen molar-refractivity contribution in [3.8, 4) is 0 Å². The highest BCUT2D eigenvalue weighted by atomic mass is 16.4. The first kappa shape index (κ1) is 7.43. The number of carbonyl (C=O) groups is 1. The number of aliphatic hydroxyl groups excluding tert-OH is 1. The van der Waals surface area contributed by atoms with E-state index in [1.54, 1.807) is 13.8 Å². The van der Waals surface area contributed by atoms with E-state index in [1.165, 1.54) is 0 Å². The number of carboxylic acid groups (broad SMARTS) is 1. The maximum Gasteiger partial charge on any atom is 0.0956 e. The van der Waals surface area contributed by atoms with E-state index in [4.69, 9.17) is 5.11 Å². The van der Waals surface area contributed by atoms with E-state index in [0.717, 1.165) is 0 Å². The molecule has 0 aromatic heterocycles. The van der Waals surface area contributed by atoms with Crippen LogP contribution in [0.2, 0.25) is 0 Å². The van der Waals surface area contributed by atoms with Crippen LogP contribution in [-0.4, -0.2) is 17.2 Å². The predicted octanol–water partition coefficient (Wildman–Crippen LogP) is -1.25. The summed E-state index contributed by atoms with van der Waals surface area (Å²) in [4.78, 5) is 9.78. The maximum absolute atomic E-state index is 9.78. The largest absolute Gasteiger partial charge is 0.547 e. The van der Waals surface area contributed by atoms with Gasteiger partial charge in [-0.05, 0) is 5.92 Å². The number of carboxylic acids is 1. The summed E-state index contributed by atoms with van der Waals surface area (Å²) in [6, 6.07) is 0. The minimum atomic E-state index is -1.40. The van der Waals surface area contributed by atoms with E-state index >= 15 is 0 Å². The molecule has 0 amide bonds. The quantitative estimate of drug-likeness (QED) is 0.491. The van der Waals surface area contributed by atoms with Crippen molar-refractivity contribution in [2.75, 3.05) is 0 Å². The Bertz CT molecular complexity index is 87.7. The van der Waals surface area contributed by atoms with E-state index in [2.05, 4.69) is 0 Å². The van der Waals surface area contributed by atoms with Crippen LogP contribution in [0.25, 0.3) is 0 Å². The Balaban J connectivity index is 3.64. The van der Waals surface area contributed by atoms with Crippen molar-refractivity contribution in [2.24, 2.45) is 5.92 Å². The number of hydrogen-bond donors (Lipinski definition) is 1. The minimum Gasteiger partial charge on any atom is -0.547 e. The molecule has 1 N–H and O–H groups in total. The molecule has 3 nitrogen and oxygen atoms in total. The van der Waals surface area contributed by atoms with Gasteiger partial charge in [0.15, 0.2) is 0 Å². The molecule has 0 aliphatic heterocycles. The third-order valence-electron chi connectivity index (χ3n) is 0.873. The summed E-state index contributed by atoms with van der Waals surface area (Å²) in [6.45, 7) is 3.22. The molecular weight excluding hydrogens is 108 g/mol. The fourth-order valence-corrected chi connectivity index (χ4v) is 0.272. The lowest BCUT2D eigenvalue weighted by Gasteiger charge is -2.13. The Labute approximate surface area is 47.9 Å². The van der Waals surface area contributed by atoms with Crippen LogP contribution in [0.5, 0.6) is 0 Å². The first-order valence-electron chi connectivity index (χ1n) is 2.44. The minimum absolute atomic E-state index is 0.264. The molecule has 0 saturated heterocycles. The zero-order chi connectivity index (χ0) is 6.73. The van der Waals surface area contributed by atoms with Crippen LogP contribution in [-0.2, 0) is 4.79 Å². The Kier molecular flexibility index (Phi) is 2.48. The van der Waals surface area contributed by atoms with Gasteiger partial charge in [0.2, 0.25) is 0 Å². The Morgan fingerprint density at radius 1 is 1.62 bits per heavy atom. The monoisotopic (exact) mass is 117 g/mol. The molecule has 3 heteroatoms. The number of carbonyl (C=O) groups excluding carboxylic acids is 1. The van der Waals surface area contributed by atoms with Crippen LogP contribution >= 0.6 is 0 Å². The average Bonchev–Trinajstić information content (AvgIpc) is 1.64. The van der Waals surface area contributed by atoms with Gasteiger partial charge in [-0.1, -0.05) is 13.8 Å². The van der Waals surface area contributed by atoms with Crippen molar-refractivity contribution >= 4 is 5.97 Å². The zero-order valence-corrected chi connectivity index (χ0v) is 4.92. The fourth-order valence-electron chi connectivity index (χ4n) is 0.272. The zero-order valence-electron chi connectivity index (χ0n) is 4.92. The molecule has 0 aliphatic carbocycles. The van der Waals surface area contributed by atoms with Gasteiger partial charge in [-0.3, -0.25) is 0 Å². The second-order valence-electron chi connectivity index (χ2n) is 2.01. The molecule has 0 bridgehead atoms. The molecular formula is C5H9O3-. The molecule has 0 heterocycles. The van der Waals surface area contributed by atoms with Crippen LogP contribution < -0.4 is 5.11 Å². The number of aliphatic carboxylic acids is 1. The smallest absolute Gasteiger partial charge is 0.0956 e. The van der Waals surface area contributed by atoms with Gasteiger partial charge in [0.1, 0.15) is 0 Å². The SMILES string of the molecule is CC(C)[C@H](O)C(=O)[O-]. The normalized spacial score (nSPS) is 14.0. The number of rotatable bonds is 2. The van der Waals surface area contributed by atoms with Crippen LogP contribution in [0, 0.1) is 5.92 Å². The summed E-state index contributed by atoms with van der Waals surface area (Å²) < 4.78 is 0. The molecule has 1 atom stereocenters. The first-order valence-corrected chi connectivity index (χ1v) is 2.44. The third-order valence-corrected chi connectivity index (χ3v) is 0.873. The Morgan fingerprint density at radius 3 is 2.00 bits per heavy atom. The third kappa shape index (κ3) is 1.93. The van der Waals surface area contributed by atoms with Crippen LogP contribution in [0.4, 0.5) is 0 Å². The van der Waals surface area contributed by atoms with E-state index in [-0.39, 0.29) is 5.92 Å². The maximum atomic E-state index is 9.78. The molecule has 48 valence electrons. The van der Waals surface area contributed by atoms with Gasteiger partial charge in [-0.15, -0.1) is 0 Å². The van der Waals surface area contributed by atoms with Crippen molar-refractivity contribution in [2.45, 2.75) is 20.0 Å². The van der Waals surface area contributed by atoms with Crippen molar-refractivity contribution in [3.05, 3.63) is 0 Å². The molecule has 0 spiro atoms. The van der Waals surface area contributed by atoms with Gasteiger partial charge < -0.3 is 15.0 Å². The molecule has 0 saturated carbocycles. The Morgan fingerprint density at radius 2 is 2.00 bits per heavy atom.